The molecule has 0 radical (unpaired) electrons. The fraction of sp³-hybridized carbons (Fsp3) is 0.371. The number of ketones is 1. The summed E-state index contributed by atoms with van der Waals surface area (Å²) in [7, 11) is 0. The average Bonchev–Trinajstić information content (AvgIpc) is 3.07. The summed E-state index contributed by atoms with van der Waals surface area (Å²) >= 11 is 12.6. The number of carbonyl (C=O) groups excluding carboxylic acids is 2. The van der Waals surface area contributed by atoms with Gasteiger partial charge in [0.25, 0.3) is 0 Å². The van der Waals surface area contributed by atoms with Crippen LogP contribution in [0.25, 0.3) is 0 Å². The summed E-state index contributed by atoms with van der Waals surface area (Å²) in [4.78, 5) is 30.2. The highest BCUT2D eigenvalue weighted by Gasteiger charge is 2.41. The Kier molecular flexibility index (Phi) is 8.63. The van der Waals surface area contributed by atoms with Gasteiger partial charge in [0.15, 0.2) is 5.78 Å². The van der Waals surface area contributed by atoms with Crippen LogP contribution in [0.15, 0.2) is 78.0 Å². The van der Waals surface area contributed by atoms with Crippen LogP contribution in [0, 0.1) is 0 Å². The number of allylic oxidation sites excluding steroid dienone is 1. The molecule has 2 atom stereocenters. The van der Waals surface area contributed by atoms with E-state index in [1.54, 1.807) is 0 Å². The summed E-state index contributed by atoms with van der Waals surface area (Å²) in [6.07, 6.45) is 4.23. The predicted molar refractivity (Wildman–Crippen MR) is 170 cm³/mol. The summed E-state index contributed by atoms with van der Waals surface area (Å²) in [5.74, 6) is 0.0633. The average molecular weight is 590 g/mol. The van der Waals surface area contributed by atoms with E-state index in [2.05, 4.69) is 57.3 Å². The first-order valence-electron chi connectivity index (χ1n) is 14.6. The highest BCUT2D eigenvalue weighted by Crippen LogP contribution is 2.48. The molecule has 0 fully saturated rings. The molecule has 5 rings (SSSR count). The lowest BCUT2D eigenvalue weighted by Gasteiger charge is -2.35. The number of Topliss-reactive ketones (excluding diaryl/α,β-unsaturated/α-hetero) is 1. The summed E-state index contributed by atoms with van der Waals surface area (Å²) < 4.78 is 0. The number of carbonyl (C=O) groups is 2. The van der Waals surface area contributed by atoms with Crippen molar-refractivity contribution >= 4 is 46.3 Å². The van der Waals surface area contributed by atoms with Crippen LogP contribution in [0.2, 0.25) is 10.0 Å². The van der Waals surface area contributed by atoms with E-state index in [9.17, 15) is 9.59 Å². The van der Waals surface area contributed by atoms with Gasteiger partial charge in [-0.1, -0.05) is 100 Å². The molecule has 214 valence electrons. The molecule has 1 heterocycles. The molecule has 0 spiro atoms. The zero-order chi connectivity index (χ0) is 29.3. The monoisotopic (exact) mass is 588 g/mol. The summed E-state index contributed by atoms with van der Waals surface area (Å²) in [6, 6.07) is 21.2. The second-order valence-corrected chi connectivity index (χ2v) is 13.1. The number of fused-ring (bicyclic) bond motifs is 1. The molecule has 3 aromatic carbocycles. The van der Waals surface area contributed by atoms with Crippen molar-refractivity contribution in [2.24, 2.45) is 0 Å². The van der Waals surface area contributed by atoms with Crippen LogP contribution in [-0.4, -0.2) is 11.7 Å². The molecule has 0 bridgehead atoms. The molecule has 0 aromatic heterocycles. The van der Waals surface area contributed by atoms with Crippen LogP contribution in [0.3, 0.4) is 0 Å². The van der Waals surface area contributed by atoms with Gasteiger partial charge in [-0.2, -0.15) is 0 Å². The molecule has 0 saturated heterocycles. The largest absolute Gasteiger partial charge is 0.357 e. The predicted octanol–water partition coefficient (Wildman–Crippen LogP) is 9.77. The minimum Gasteiger partial charge on any atom is -0.357 e. The SMILES string of the molecule is CCCCCC(=O)N1c2ccc(Cl)cc2NC2=C(C(=O)C[C@H](c3ccc(Cl)cc3)C2)[C@H]1c1ccc(C(C)(C)C)cc1. The van der Waals surface area contributed by atoms with Gasteiger partial charge < -0.3 is 5.32 Å². The second kappa shape index (κ2) is 12.0. The Morgan fingerprint density at radius 2 is 1.56 bits per heavy atom. The number of nitrogens with one attached hydrogen (secondary N) is 1. The first-order chi connectivity index (χ1) is 19.6. The molecule has 0 unspecified atom stereocenters. The maximum atomic E-state index is 14.2. The molecular weight excluding hydrogens is 551 g/mol. The number of anilines is 2. The van der Waals surface area contributed by atoms with E-state index in [1.807, 2.05) is 47.4 Å². The maximum Gasteiger partial charge on any atom is 0.227 e. The van der Waals surface area contributed by atoms with Gasteiger partial charge >= 0.3 is 0 Å². The number of benzene rings is 3. The van der Waals surface area contributed by atoms with Gasteiger partial charge in [0.2, 0.25) is 5.91 Å². The van der Waals surface area contributed by atoms with Crippen LogP contribution in [0.1, 0.15) is 94.9 Å². The lowest BCUT2D eigenvalue weighted by atomic mass is 9.77. The molecule has 1 aliphatic carbocycles. The third kappa shape index (κ3) is 6.24. The number of halogens is 2. The van der Waals surface area contributed by atoms with Gasteiger partial charge in [-0.3, -0.25) is 14.5 Å². The van der Waals surface area contributed by atoms with Crippen LogP contribution in [0.5, 0.6) is 0 Å². The van der Waals surface area contributed by atoms with E-state index in [0.29, 0.717) is 34.9 Å². The molecule has 1 aliphatic heterocycles. The minimum absolute atomic E-state index is 0.00405. The van der Waals surface area contributed by atoms with Crippen molar-refractivity contribution in [3.63, 3.8) is 0 Å². The van der Waals surface area contributed by atoms with Crippen molar-refractivity contribution in [2.75, 3.05) is 10.2 Å². The number of amides is 1. The Bertz CT molecular complexity index is 1470. The van der Waals surface area contributed by atoms with Crippen LogP contribution in [-0.2, 0) is 15.0 Å². The maximum absolute atomic E-state index is 14.2. The fourth-order valence-corrected chi connectivity index (χ4v) is 6.29. The lowest BCUT2D eigenvalue weighted by Crippen LogP contribution is -2.38. The third-order valence-corrected chi connectivity index (χ3v) is 8.73. The number of rotatable bonds is 6. The molecule has 1 N–H and O–H groups in total. The topological polar surface area (TPSA) is 49.4 Å². The number of hydrogen-bond donors (Lipinski definition) is 1. The third-order valence-electron chi connectivity index (χ3n) is 8.24. The van der Waals surface area contributed by atoms with E-state index < -0.39 is 6.04 Å². The number of hydrogen-bond acceptors (Lipinski definition) is 3. The lowest BCUT2D eigenvalue weighted by molar-refractivity contribution is -0.119. The molecule has 1 amide bonds. The Hall–Kier alpha value is -3.08. The second-order valence-electron chi connectivity index (χ2n) is 12.3. The zero-order valence-corrected chi connectivity index (χ0v) is 25.8. The zero-order valence-electron chi connectivity index (χ0n) is 24.3. The van der Waals surface area contributed by atoms with E-state index in [0.717, 1.165) is 47.5 Å². The van der Waals surface area contributed by atoms with E-state index in [4.69, 9.17) is 23.2 Å². The molecule has 3 aromatic rings. The molecule has 41 heavy (non-hydrogen) atoms. The first kappa shape index (κ1) is 29.4. The quantitative estimate of drug-likeness (QED) is 0.291. The highest BCUT2D eigenvalue weighted by atomic mass is 35.5. The Morgan fingerprint density at radius 1 is 0.902 bits per heavy atom. The van der Waals surface area contributed by atoms with E-state index >= 15 is 0 Å². The Morgan fingerprint density at radius 3 is 2.22 bits per heavy atom. The van der Waals surface area contributed by atoms with Crippen molar-refractivity contribution in [1.82, 2.24) is 0 Å². The number of nitrogens with zero attached hydrogens (tertiary/aromatic N) is 1. The van der Waals surface area contributed by atoms with E-state index in [1.165, 1.54) is 5.56 Å². The van der Waals surface area contributed by atoms with Gasteiger partial charge in [-0.05, 0) is 71.2 Å². The normalized spacial score (nSPS) is 18.9. The van der Waals surface area contributed by atoms with Gasteiger partial charge in [-0.25, -0.2) is 0 Å². The summed E-state index contributed by atoms with van der Waals surface area (Å²) in [6.45, 7) is 8.68. The van der Waals surface area contributed by atoms with Gasteiger partial charge in [0, 0.05) is 34.2 Å². The molecule has 4 nitrogen and oxygen atoms in total. The highest BCUT2D eigenvalue weighted by molar-refractivity contribution is 6.31. The van der Waals surface area contributed by atoms with Gasteiger partial charge in [-0.15, -0.1) is 0 Å². The number of unbranched alkanes of at least 4 members (excludes halogenated alkanes) is 2. The molecule has 2 aliphatic rings. The van der Waals surface area contributed by atoms with Crippen molar-refractivity contribution in [2.45, 2.75) is 83.6 Å². The minimum atomic E-state index is -0.540. The van der Waals surface area contributed by atoms with Crippen LogP contribution < -0.4 is 10.2 Å². The van der Waals surface area contributed by atoms with Gasteiger partial charge in [0.1, 0.15) is 0 Å². The van der Waals surface area contributed by atoms with E-state index in [-0.39, 0.29) is 23.0 Å². The Balaban J connectivity index is 1.68. The fourth-order valence-electron chi connectivity index (χ4n) is 5.99. The van der Waals surface area contributed by atoms with Crippen molar-refractivity contribution in [3.8, 4) is 0 Å². The van der Waals surface area contributed by atoms with Crippen molar-refractivity contribution < 1.29 is 9.59 Å². The summed E-state index contributed by atoms with van der Waals surface area (Å²) in [5.41, 5.74) is 6.18. The molecule has 0 saturated carbocycles. The summed E-state index contributed by atoms with van der Waals surface area (Å²) in [5, 5.41) is 4.83. The first-order valence-corrected chi connectivity index (χ1v) is 15.3. The Labute approximate surface area is 253 Å². The molecular formula is C35H38Cl2N2O2. The van der Waals surface area contributed by atoms with Gasteiger partial charge in [0.05, 0.1) is 17.4 Å². The molecule has 6 heteroatoms. The standard InChI is InChI=1S/C35H38Cl2N2O2/c1-5-6-7-8-32(41)39-30-18-17-27(37)21-28(30)38-29-19-24(22-11-15-26(36)16-12-22)20-31(40)33(29)34(39)23-9-13-25(14-10-23)35(2,3)4/h9-18,21,24,34,38H,5-8,19-20H2,1-4H3/t24-,34-/m1/s1. The van der Waals surface area contributed by atoms with Crippen LogP contribution in [0.4, 0.5) is 11.4 Å². The van der Waals surface area contributed by atoms with Crippen molar-refractivity contribution in [3.05, 3.63) is 105 Å². The van der Waals surface area contributed by atoms with Crippen molar-refractivity contribution in [1.29, 1.82) is 0 Å². The smallest absolute Gasteiger partial charge is 0.227 e. The van der Waals surface area contributed by atoms with Crippen LogP contribution >= 0.6 is 23.2 Å².